The zero-order chi connectivity index (χ0) is 42.8. The van der Waals surface area contributed by atoms with Gasteiger partial charge in [0.15, 0.2) is 6.10 Å². The second-order valence-corrected chi connectivity index (χ2v) is 18.2. The number of nitrogens with zero attached hydrogens (tertiary/aromatic N) is 1. The molecule has 0 fully saturated rings. The summed E-state index contributed by atoms with van der Waals surface area (Å²) in [6.07, 6.45) is 47.2. The van der Waals surface area contributed by atoms with Crippen LogP contribution in [-0.4, -0.2) is 74.9 Å². The Morgan fingerprint density at radius 2 is 0.931 bits per heavy atom. The number of carbonyl (C=O) groups is 2. The zero-order valence-electron chi connectivity index (χ0n) is 38.0. The van der Waals surface area contributed by atoms with Crippen LogP contribution < -0.4 is 0 Å². The van der Waals surface area contributed by atoms with Crippen LogP contribution in [-0.2, 0) is 32.7 Å². The highest BCUT2D eigenvalue weighted by Crippen LogP contribution is 2.43. The van der Waals surface area contributed by atoms with Gasteiger partial charge in [0.1, 0.15) is 19.8 Å². The predicted molar refractivity (Wildman–Crippen MR) is 243 cm³/mol. The molecule has 0 saturated carbocycles. The van der Waals surface area contributed by atoms with E-state index in [1.165, 1.54) is 103 Å². The molecular weight excluding hydrogens is 750 g/mol. The smallest absolute Gasteiger partial charge is 0.462 e. The number of phosphoric acid groups is 1. The number of hydrogen-bond donors (Lipinski definition) is 1. The van der Waals surface area contributed by atoms with Gasteiger partial charge < -0.3 is 18.9 Å². The molecule has 58 heavy (non-hydrogen) atoms. The summed E-state index contributed by atoms with van der Waals surface area (Å²) in [6.45, 7) is 4.37. The SMILES string of the molecule is CCCCC/C=C\C/C=C\C/C=C\C/C=C\CCCCCC(=O)OC[C@H](COP(=O)(O)OCC[N+](C)(C)C)OC(=O)CCCCCCCCCCCCCCCCC. The summed E-state index contributed by atoms with van der Waals surface area (Å²) in [6, 6.07) is 0. The molecule has 0 saturated heterocycles. The first-order chi connectivity index (χ1) is 28.0. The van der Waals surface area contributed by atoms with Crippen molar-refractivity contribution in [2.24, 2.45) is 0 Å². The van der Waals surface area contributed by atoms with Crippen LogP contribution in [0.4, 0.5) is 0 Å². The monoisotopic (exact) mass is 839 g/mol. The van der Waals surface area contributed by atoms with Crippen LogP contribution in [0.1, 0.15) is 194 Å². The van der Waals surface area contributed by atoms with E-state index >= 15 is 0 Å². The lowest BCUT2D eigenvalue weighted by Gasteiger charge is -2.24. The van der Waals surface area contributed by atoms with E-state index in [0.29, 0.717) is 23.9 Å². The highest BCUT2D eigenvalue weighted by molar-refractivity contribution is 7.47. The Morgan fingerprint density at radius 3 is 1.41 bits per heavy atom. The average molecular weight is 839 g/mol. The maximum atomic E-state index is 12.7. The minimum Gasteiger partial charge on any atom is -0.462 e. The van der Waals surface area contributed by atoms with Crippen molar-refractivity contribution in [3.63, 3.8) is 0 Å². The van der Waals surface area contributed by atoms with Gasteiger partial charge in [0.2, 0.25) is 0 Å². The Kier molecular flexibility index (Phi) is 39.0. The Labute approximate surface area is 356 Å². The van der Waals surface area contributed by atoms with Gasteiger partial charge in [-0.15, -0.1) is 0 Å². The molecule has 1 unspecified atom stereocenters. The van der Waals surface area contributed by atoms with Crippen molar-refractivity contribution >= 4 is 19.8 Å². The molecule has 0 rings (SSSR count). The highest BCUT2D eigenvalue weighted by atomic mass is 31.2. The third kappa shape index (κ3) is 43.5. The van der Waals surface area contributed by atoms with E-state index in [9.17, 15) is 19.0 Å². The maximum absolute atomic E-state index is 12.7. The van der Waals surface area contributed by atoms with Gasteiger partial charge >= 0.3 is 19.8 Å². The Hall–Kier alpha value is -2.03. The first-order valence-corrected chi connectivity index (χ1v) is 24.9. The molecule has 2 atom stereocenters. The lowest BCUT2D eigenvalue weighted by molar-refractivity contribution is -0.870. The number of esters is 2. The maximum Gasteiger partial charge on any atom is 0.472 e. The molecule has 0 aliphatic carbocycles. The molecule has 0 aromatic rings. The molecule has 0 bridgehead atoms. The van der Waals surface area contributed by atoms with Gasteiger partial charge in [-0.1, -0.05) is 172 Å². The van der Waals surface area contributed by atoms with Crippen LogP contribution in [0.3, 0.4) is 0 Å². The average Bonchev–Trinajstić information content (AvgIpc) is 3.17. The standard InChI is InChI=1S/C48H88NO8P/c1-6-8-10-12-14-16-18-20-22-23-24-25-27-28-30-32-34-36-38-40-47(50)54-44-46(45-56-58(52,53)55-43-42-49(3,4)5)57-48(51)41-39-37-35-33-31-29-26-21-19-17-15-13-11-9-7-2/h14,16,20,22,24-25,28,30,46H,6-13,15,17-19,21,23,26-27,29,31-45H2,1-5H3/p+1/b16-14-,22-20-,25-24-,30-28-/t46-/m1/s1. The molecular formula is C48H89NO8P+. The van der Waals surface area contributed by atoms with Crippen LogP contribution in [0, 0.1) is 0 Å². The fourth-order valence-corrected chi connectivity index (χ4v) is 6.92. The number of hydrogen-bond acceptors (Lipinski definition) is 7. The largest absolute Gasteiger partial charge is 0.472 e. The van der Waals surface area contributed by atoms with E-state index in [-0.39, 0.29) is 26.1 Å². The topological polar surface area (TPSA) is 108 Å². The molecule has 0 aliphatic rings. The lowest BCUT2D eigenvalue weighted by atomic mass is 10.0. The van der Waals surface area contributed by atoms with Gasteiger partial charge in [-0.3, -0.25) is 18.6 Å². The van der Waals surface area contributed by atoms with Crippen molar-refractivity contribution in [1.29, 1.82) is 0 Å². The number of rotatable bonds is 42. The van der Waals surface area contributed by atoms with Crippen molar-refractivity contribution in [2.45, 2.75) is 200 Å². The van der Waals surface area contributed by atoms with Crippen molar-refractivity contribution < 1.29 is 42.1 Å². The van der Waals surface area contributed by atoms with Crippen LogP contribution in [0.25, 0.3) is 0 Å². The van der Waals surface area contributed by atoms with E-state index in [0.717, 1.165) is 51.4 Å². The van der Waals surface area contributed by atoms with Gasteiger partial charge in [0, 0.05) is 12.8 Å². The summed E-state index contributed by atoms with van der Waals surface area (Å²) < 4.78 is 34.3. The van der Waals surface area contributed by atoms with Gasteiger partial charge in [-0.25, -0.2) is 4.57 Å². The summed E-state index contributed by atoms with van der Waals surface area (Å²) in [4.78, 5) is 35.4. The number of quaternary nitrogens is 1. The Balaban J connectivity index is 4.38. The molecule has 0 aromatic carbocycles. The van der Waals surface area contributed by atoms with Crippen LogP contribution >= 0.6 is 7.82 Å². The molecule has 0 aliphatic heterocycles. The number of unbranched alkanes of at least 4 members (excludes halogenated alkanes) is 20. The van der Waals surface area contributed by atoms with E-state index in [1.54, 1.807) is 0 Å². The van der Waals surface area contributed by atoms with Gasteiger partial charge in [0.25, 0.3) is 0 Å². The minimum atomic E-state index is -4.38. The molecule has 0 amide bonds. The summed E-state index contributed by atoms with van der Waals surface area (Å²) >= 11 is 0. The van der Waals surface area contributed by atoms with Crippen LogP contribution in [0.2, 0.25) is 0 Å². The molecule has 0 spiro atoms. The summed E-state index contributed by atoms with van der Waals surface area (Å²) in [5.74, 6) is -0.831. The van der Waals surface area contributed by atoms with E-state index < -0.39 is 32.5 Å². The Morgan fingerprint density at radius 1 is 0.534 bits per heavy atom. The van der Waals surface area contributed by atoms with Gasteiger partial charge in [-0.05, 0) is 57.8 Å². The number of allylic oxidation sites excluding steroid dienone is 8. The minimum absolute atomic E-state index is 0.0261. The third-order valence-electron chi connectivity index (χ3n) is 9.86. The molecule has 9 nitrogen and oxygen atoms in total. The van der Waals surface area contributed by atoms with Crippen LogP contribution in [0.15, 0.2) is 48.6 Å². The molecule has 1 N–H and O–H groups in total. The molecule has 0 heterocycles. The molecule has 0 aromatic heterocycles. The summed E-state index contributed by atoms with van der Waals surface area (Å²) in [5.41, 5.74) is 0. The fourth-order valence-electron chi connectivity index (χ4n) is 6.17. The molecule has 10 heteroatoms. The van der Waals surface area contributed by atoms with E-state index in [2.05, 4.69) is 62.5 Å². The number of ether oxygens (including phenoxy) is 2. The van der Waals surface area contributed by atoms with Gasteiger partial charge in [-0.2, -0.15) is 0 Å². The van der Waals surface area contributed by atoms with Crippen molar-refractivity contribution in [2.75, 3.05) is 47.5 Å². The first-order valence-electron chi connectivity index (χ1n) is 23.4. The van der Waals surface area contributed by atoms with Gasteiger partial charge in [0.05, 0.1) is 27.7 Å². The third-order valence-corrected chi connectivity index (χ3v) is 10.8. The second kappa shape index (κ2) is 40.4. The summed E-state index contributed by atoms with van der Waals surface area (Å²) in [7, 11) is 1.46. The zero-order valence-corrected chi connectivity index (χ0v) is 38.9. The first kappa shape index (κ1) is 56.0. The molecule has 0 radical (unpaired) electrons. The highest BCUT2D eigenvalue weighted by Gasteiger charge is 2.27. The Bertz CT molecular complexity index is 1130. The predicted octanol–water partition coefficient (Wildman–Crippen LogP) is 13.5. The number of carbonyl (C=O) groups excluding carboxylic acids is 2. The summed E-state index contributed by atoms with van der Waals surface area (Å²) in [5, 5.41) is 0. The second-order valence-electron chi connectivity index (χ2n) is 16.8. The lowest BCUT2D eigenvalue weighted by Crippen LogP contribution is -2.37. The van der Waals surface area contributed by atoms with Crippen LogP contribution in [0.5, 0.6) is 0 Å². The van der Waals surface area contributed by atoms with E-state index in [4.69, 9.17) is 18.5 Å². The van der Waals surface area contributed by atoms with Crippen molar-refractivity contribution in [3.05, 3.63) is 48.6 Å². The van der Waals surface area contributed by atoms with E-state index in [1.807, 2.05) is 21.1 Å². The number of phosphoric ester groups is 1. The molecule has 338 valence electrons. The van der Waals surface area contributed by atoms with Crippen molar-refractivity contribution in [3.8, 4) is 0 Å². The van der Waals surface area contributed by atoms with Crippen molar-refractivity contribution in [1.82, 2.24) is 0 Å². The quantitative estimate of drug-likeness (QED) is 0.0213. The fraction of sp³-hybridized carbons (Fsp3) is 0.792. The normalized spacial score (nSPS) is 14.0. The number of likely N-dealkylation sites (N-methyl/N-ethyl adjacent to an activating group) is 1.